The molecule has 128 valence electrons. The van der Waals surface area contributed by atoms with Gasteiger partial charge in [-0.3, -0.25) is 9.35 Å². The first-order valence-electron chi connectivity index (χ1n) is 7.16. The molecule has 0 aliphatic carbocycles. The third kappa shape index (κ3) is 4.30. The Kier molecular flexibility index (Phi) is 5.20. The van der Waals surface area contributed by atoms with E-state index in [2.05, 4.69) is 5.32 Å². The van der Waals surface area contributed by atoms with Crippen molar-refractivity contribution in [3.63, 3.8) is 0 Å². The Morgan fingerprint density at radius 2 is 1.83 bits per heavy atom. The van der Waals surface area contributed by atoms with Crippen molar-refractivity contribution < 1.29 is 27.7 Å². The number of carbonyl (C=O) groups excluding carboxylic acids is 1. The third-order valence-corrected chi connectivity index (χ3v) is 4.38. The molecule has 3 N–H and O–H groups in total. The Morgan fingerprint density at radius 3 is 2.46 bits per heavy atom. The number of nitrogens with one attached hydrogen (secondary N) is 1. The monoisotopic (exact) mass is 351 g/mol. The van der Waals surface area contributed by atoms with Gasteiger partial charge in [0.05, 0.1) is 11.3 Å². The van der Waals surface area contributed by atoms with Crippen molar-refractivity contribution in [3.8, 4) is 0 Å². The molecule has 0 saturated heterocycles. The molecule has 0 radical (unpaired) electrons. The van der Waals surface area contributed by atoms with Crippen LogP contribution in [0.1, 0.15) is 22.3 Å². The molecule has 0 unspecified atom stereocenters. The molecule has 0 aromatic heterocycles. The molecule has 8 heteroatoms. The molecule has 0 fully saturated rings. The van der Waals surface area contributed by atoms with Crippen LogP contribution in [0, 0.1) is 6.92 Å². The predicted octanol–water partition coefficient (Wildman–Crippen LogP) is 1.61. The van der Waals surface area contributed by atoms with Gasteiger partial charge in [-0.05, 0) is 29.7 Å². The molecule has 0 aliphatic heterocycles. The molecule has 2 aromatic carbocycles. The lowest BCUT2D eigenvalue weighted by Crippen LogP contribution is -2.42. The SMILES string of the molecule is Cc1ccc2ccccc2c1C(=O)N[C@@H](CCS(=O)(=O)O)C(=O)O. The number of benzene rings is 2. The fourth-order valence-corrected chi connectivity index (χ4v) is 2.97. The maximum Gasteiger partial charge on any atom is 0.326 e. The van der Waals surface area contributed by atoms with Crippen LogP contribution in [0.5, 0.6) is 0 Å². The molecule has 0 spiro atoms. The third-order valence-electron chi connectivity index (χ3n) is 3.63. The summed E-state index contributed by atoms with van der Waals surface area (Å²) in [6.45, 7) is 1.73. The van der Waals surface area contributed by atoms with Gasteiger partial charge in [-0.1, -0.05) is 36.4 Å². The first-order valence-corrected chi connectivity index (χ1v) is 8.77. The summed E-state index contributed by atoms with van der Waals surface area (Å²) in [5.41, 5.74) is 1.01. The largest absolute Gasteiger partial charge is 0.480 e. The summed E-state index contributed by atoms with van der Waals surface area (Å²) in [5, 5.41) is 13.0. The summed E-state index contributed by atoms with van der Waals surface area (Å²) in [6, 6.07) is 9.37. The summed E-state index contributed by atoms with van der Waals surface area (Å²) >= 11 is 0. The maximum atomic E-state index is 12.5. The second kappa shape index (κ2) is 6.98. The fraction of sp³-hybridized carbons (Fsp3) is 0.250. The molecular weight excluding hydrogens is 334 g/mol. The lowest BCUT2D eigenvalue weighted by atomic mass is 9.99. The van der Waals surface area contributed by atoms with Crippen LogP contribution in [0.15, 0.2) is 36.4 Å². The van der Waals surface area contributed by atoms with Crippen LogP contribution in [0.4, 0.5) is 0 Å². The van der Waals surface area contributed by atoms with Crippen LogP contribution in [0.3, 0.4) is 0 Å². The Balaban J connectivity index is 2.31. The van der Waals surface area contributed by atoms with E-state index in [0.717, 1.165) is 5.39 Å². The lowest BCUT2D eigenvalue weighted by Gasteiger charge is -2.16. The first kappa shape index (κ1) is 17.9. The number of fused-ring (bicyclic) bond motifs is 1. The van der Waals surface area contributed by atoms with Gasteiger partial charge in [0.2, 0.25) is 0 Å². The van der Waals surface area contributed by atoms with E-state index in [-0.39, 0.29) is 0 Å². The highest BCUT2D eigenvalue weighted by Crippen LogP contribution is 2.22. The summed E-state index contributed by atoms with van der Waals surface area (Å²) < 4.78 is 30.3. The van der Waals surface area contributed by atoms with Gasteiger partial charge in [-0.15, -0.1) is 0 Å². The van der Waals surface area contributed by atoms with E-state index in [1.165, 1.54) is 0 Å². The van der Waals surface area contributed by atoms with Gasteiger partial charge in [0, 0.05) is 0 Å². The Hall–Kier alpha value is -2.45. The lowest BCUT2D eigenvalue weighted by molar-refractivity contribution is -0.139. The molecule has 1 amide bonds. The molecule has 2 rings (SSSR count). The number of aryl methyl sites for hydroxylation is 1. The summed E-state index contributed by atoms with van der Waals surface area (Å²) in [5.74, 6) is -2.73. The zero-order valence-corrected chi connectivity index (χ0v) is 13.7. The number of rotatable bonds is 6. The minimum atomic E-state index is -4.31. The number of carboxylic acid groups (broad SMARTS) is 1. The highest BCUT2D eigenvalue weighted by molar-refractivity contribution is 7.85. The number of aliphatic carboxylic acids is 1. The van der Waals surface area contributed by atoms with E-state index >= 15 is 0 Å². The second-order valence-electron chi connectivity index (χ2n) is 5.42. The number of hydrogen-bond donors (Lipinski definition) is 3. The van der Waals surface area contributed by atoms with Crippen molar-refractivity contribution in [2.75, 3.05) is 5.75 Å². The van der Waals surface area contributed by atoms with E-state index in [1.807, 2.05) is 18.2 Å². The van der Waals surface area contributed by atoms with E-state index < -0.39 is 40.2 Å². The van der Waals surface area contributed by atoms with Crippen molar-refractivity contribution in [1.82, 2.24) is 5.32 Å². The van der Waals surface area contributed by atoms with E-state index in [0.29, 0.717) is 16.5 Å². The molecule has 0 bridgehead atoms. The van der Waals surface area contributed by atoms with Gasteiger partial charge >= 0.3 is 5.97 Å². The zero-order chi connectivity index (χ0) is 17.9. The molecule has 7 nitrogen and oxygen atoms in total. The van der Waals surface area contributed by atoms with Crippen molar-refractivity contribution in [1.29, 1.82) is 0 Å². The minimum absolute atomic E-state index is 0.339. The number of carboxylic acids is 1. The molecule has 24 heavy (non-hydrogen) atoms. The van der Waals surface area contributed by atoms with Crippen LogP contribution in [0.25, 0.3) is 10.8 Å². The van der Waals surface area contributed by atoms with Gasteiger partial charge in [0.15, 0.2) is 0 Å². The van der Waals surface area contributed by atoms with E-state index in [9.17, 15) is 18.0 Å². The number of hydrogen-bond acceptors (Lipinski definition) is 4. The molecule has 1 atom stereocenters. The minimum Gasteiger partial charge on any atom is -0.480 e. The van der Waals surface area contributed by atoms with E-state index in [1.54, 1.807) is 25.1 Å². The van der Waals surface area contributed by atoms with Gasteiger partial charge < -0.3 is 10.4 Å². The normalized spacial score (nSPS) is 12.8. The standard InChI is InChI=1S/C16H17NO6S/c1-10-6-7-11-4-2-3-5-12(11)14(10)15(18)17-13(16(19)20)8-9-24(21,22)23/h2-7,13H,8-9H2,1H3,(H,17,18)(H,19,20)(H,21,22,23)/t13-/m0/s1. The Morgan fingerprint density at radius 1 is 1.17 bits per heavy atom. The van der Waals surface area contributed by atoms with Crippen molar-refractivity contribution >= 4 is 32.8 Å². The summed E-state index contributed by atoms with van der Waals surface area (Å²) in [4.78, 5) is 23.8. The van der Waals surface area contributed by atoms with Gasteiger partial charge in [-0.2, -0.15) is 8.42 Å². The van der Waals surface area contributed by atoms with Crippen molar-refractivity contribution in [2.45, 2.75) is 19.4 Å². The number of amides is 1. The second-order valence-corrected chi connectivity index (χ2v) is 6.99. The topological polar surface area (TPSA) is 121 Å². The van der Waals surface area contributed by atoms with Crippen molar-refractivity contribution in [2.24, 2.45) is 0 Å². The molecular formula is C16H17NO6S. The summed E-state index contributed by atoms with van der Waals surface area (Å²) in [6.07, 6.45) is -0.427. The average Bonchev–Trinajstić information content (AvgIpc) is 2.49. The van der Waals surface area contributed by atoms with Gasteiger partial charge in [0.25, 0.3) is 16.0 Å². The zero-order valence-electron chi connectivity index (χ0n) is 12.9. The van der Waals surface area contributed by atoms with Gasteiger partial charge in [0.1, 0.15) is 6.04 Å². The molecule has 0 heterocycles. The predicted molar refractivity (Wildman–Crippen MR) is 88.6 cm³/mol. The maximum absolute atomic E-state index is 12.5. The van der Waals surface area contributed by atoms with Crippen LogP contribution in [-0.2, 0) is 14.9 Å². The van der Waals surface area contributed by atoms with Crippen molar-refractivity contribution in [3.05, 3.63) is 47.5 Å². The Bertz CT molecular complexity index is 891. The first-order chi connectivity index (χ1) is 11.2. The molecule has 0 saturated carbocycles. The number of carbonyl (C=O) groups is 2. The van der Waals surface area contributed by atoms with Crippen LogP contribution < -0.4 is 5.32 Å². The molecule has 0 aliphatic rings. The quantitative estimate of drug-likeness (QED) is 0.680. The Labute approximate surface area is 139 Å². The van der Waals surface area contributed by atoms with Crippen LogP contribution in [-0.4, -0.2) is 41.7 Å². The highest BCUT2D eigenvalue weighted by Gasteiger charge is 2.24. The average molecular weight is 351 g/mol. The fourth-order valence-electron chi connectivity index (χ4n) is 2.44. The smallest absolute Gasteiger partial charge is 0.326 e. The summed E-state index contributed by atoms with van der Waals surface area (Å²) in [7, 11) is -4.31. The highest BCUT2D eigenvalue weighted by atomic mass is 32.2. The molecule has 2 aromatic rings. The van der Waals surface area contributed by atoms with E-state index in [4.69, 9.17) is 9.66 Å². The van der Waals surface area contributed by atoms with Crippen LogP contribution in [0.2, 0.25) is 0 Å². The van der Waals surface area contributed by atoms with Gasteiger partial charge in [-0.25, -0.2) is 4.79 Å². The van der Waals surface area contributed by atoms with Crippen LogP contribution >= 0.6 is 0 Å².